The van der Waals surface area contributed by atoms with Gasteiger partial charge in [0.15, 0.2) is 5.82 Å². The van der Waals surface area contributed by atoms with Crippen molar-refractivity contribution in [1.29, 1.82) is 0 Å². The highest BCUT2D eigenvalue weighted by molar-refractivity contribution is 5.97. The minimum Gasteiger partial charge on any atom is -0.444 e. The van der Waals surface area contributed by atoms with Gasteiger partial charge in [-0.3, -0.25) is 19.3 Å². The summed E-state index contributed by atoms with van der Waals surface area (Å²) in [4.78, 5) is 27.5. The molecule has 1 aromatic rings. The molecular formula is C14H22N4O3. The van der Waals surface area contributed by atoms with Crippen molar-refractivity contribution in [3.8, 4) is 0 Å². The van der Waals surface area contributed by atoms with E-state index in [9.17, 15) is 9.59 Å². The van der Waals surface area contributed by atoms with E-state index in [0.29, 0.717) is 12.4 Å². The van der Waals surface area contributed by atoms with Gasteiger partial charge in [0.25, 0.3) is 0 Å². The molecule has 0 bridgehead atoms. The first-order valence-corrected chi connectivity index (χ1v) is 6.97. The van der Waals surface area contributed by atoms with Crippen LogP contribution in [0.3, 0.4) is 0 Å². The maximum absolute atomic E-state index is 12.3. The highest BCUT2D eigenvalue weighted by Gasteiger charge is 2.35. The van der Waals surface area contributed by atoms with Crippen molar-refractivity contribution in [2.45, 2.75) is 39.3 Å². The number of hydrogen-bond acceptors (Lipinski definition) is 4. The topological polar surface area (TPSA) is 67.7 Å². The van der Waals surface area contributed by atoms with E-state index in [1.165, 1.54) is 4.90 Å². The van der Waals surface area contributed by atoms with Gasteiger partial charge in [-0.2, -0.15) is 5.10 Å². The SMILES string of the molecule is C[C@H]1CN(C(=O)OC(C)(C)C)CC(=O)N1c1ccn(C)n1. The number of aromatic nitrogens is 2. The van der Waals surface area contributed by atoms with Crippen molar-refractivity contribution in [3.63, 3.8) is 0 Å². The van der Waals surface area contributed by atoms with Crippen molar-refractivity contribution < 1.29 is 14.3 Å². The fourth-order valence-corrected chi connectivity index (χ4v) is 2.30. The summed E-state index contributed by atoms with van der Waals surface area (Å²) < 4.78 is 6.96. The smallest absolute Gasteiger partial charge is 0.410 e. The fourth-order valence-electron chi connectivity index (χ4n) is 2.30. The number of amides is 2. The lowest BCUT2D eigenvalue weighted by molar-refractivity contribution is -0.122. The molecule has 1 fully saturated rings. The van der Waals surface area contributed by atoms with Crippen LogP contribution in [0.1, 0.15) is 27.7 Å². The Morgan fingerprint density at radius 1 is 1.43 bits per heavy atom. The summed E-state index contributed by atoms with van der Waals surface area (Å²) >= 11 is 0. The van der Waals surface area contributed by atoms with Gasteiger partial charge < -0.3 is 4.74 Å². The third kappa shape index (κ3) is 3.53. The first-order valence-electron chi connectivity index (χ1n) is 6.97. The molecule has 21 heavy (non-hydrogen) atoms. The lowest BCUT2D eigenvalue weighted by atomic mass is 10.2. The predicted molar refractivity (Wildman–Crippen MR) is 78.0 cm³/mol. The van der Waals surface area contributed by atoms with Crippen LogP contribution in [0.4, 0.5) is 10.6 Å². The van der Waals surface area contributed by atoms with Gasteiger partial charge in [-0.25, -0.2) is 4.79 Å². The number of piperazine rings is 1. The zero-order chi connectivity index (χ0) is 15.8. The van der Waals surface area contributed by atoms with Gasteiger partial charge in [0.05, 0.1) is 6.04 Å². The van der Waals surface area contributed by atoms with E-state index in [0.717, 1.165) is 0 Å². The van der Waals surface area contributed by atoms with Gasteiger partial charge in [-0.05, 0) is 27.7 Å². The number of anilines is 1. The van der Waals surface area contributed by atoms with Crippen molar-refractivity contribution in [2.75, 3.05) is 18.0 Å². The van der Waals surface area contributed by atoms with Crippen molar-refractivity contribution in [2.24, 2.45) is 7.05 Å². The van der Waals surface area contributed by atoms with Crippen molar-refractivity contribution >= 4 is 17.8 Å². The van der Waals surface area contributed by atoms with E-state index in [2.05, 4.69) is 5.10 Å². The third-order valence-electron chi connectivity index (χ3n) is 3.12. The number of rotatable bonds is 1. The maximum Gasteiger partial charge on any atom is 0.410 e. The van der Waals surface area contributed by atoms with Crippen LogP contribution in [-0.4, -0.2) is 51.4 Å². The quantitative estimate of drug-likeness (QED) is 0.785. The third-order valence-corrected chi connectivity index (χ3v) is 3.12. The van der Waals surface area contributed by atoms with E-state index in [1.54, 1.807) is 49.7 Å². The molecule has 0 unspecified atom stereocenters. The van der Waals surface area contributed by atoms with Crippen LogP contribution >= 0.6 is 0 Å². The fraction of sp³-hybridized carbons (Fsp3) is 0.643. The van der Waals surface area contributed by atoms with E-state index >= 15 is 0 Å². The number of ether oxygens (including phenoxy) is 1. The molecule has 0 aromatic carbocycles. The standard InChI is InChI=1S/C14H22N4O3/c1-10-8-17(13(20)21-14(2,3)4)9-12(19)18(10)11-6-7-16(5)15-11/h6-7,10H,8-9H2,1-5H3/t10-/m0/s1. The molecule has 2 amide bonds. The monoisotopic (exact) mass is 294 g/mol. The van der Waals surface area contributed by atoms with E-state index < -0.39 is 11.7 Å². The number of nitrogens with zero attached hydrogens (tertiary/aromatic N) is 4. The molecule has 7 nitrogen and oxygen atoms in total. The Morgan fingerprint density at radius 3 is 2.57 bits per heavy atom. The summed E-state index contributed by atoms with van der Waals surface area (Å²) in [7, 11) is 1.80. The highest BCUT2D eigenvalue weighted by Crippen LogP contribution is 2.20. The molecule has 2 rings (SSSR count). The summed E-state index contributed by atoms with van der Waals surface area (Å²) in [6, 6.07) is 1.64. The average molecular weight is 294 g/mol. The summed E-state index contributed by atoms with van der Waals surface area (Å²) in [5.74, 6) is 0.456. The molecule has 0 spiro atoms. The lowest BCUT2D eigenvalue weighted by Gasteiger charge is -2.38. The largest absolute Gasteiger partial charge is 0.444 e. The molecule has 1 saturated heterocycles. The van der Waals surface area contributed by atoms with Crippen LogP contribution < -0.4 is 4.90 Å². The molecule has 1 aliphatic rings. The Hall–Kier alpha value is -2.05. The predicted octanol–water partition coefficient (Wildman–Crippen LogP) is 1.39. The molecule has 0 N–H and O–H groups in total. The Balaban J connectivity index is 2.09. The van der Waals surface area contributed by atoms with Crippen LogP contribution in [0, 0.1) is 0 Å². The maximum atomic E-state index is 12.3. The summed E-state index contributed by atoms with van der Waals surface area (Å²) in [5, 5.41) is 4.25. The van der Waals surface area contributed by atoms with Crippen molar-refractivity contribution in [1.82, 2.24) is 14.7 Å². The van der Waals surface area contributed by atoms with Crippen LogP contribution in [0.25, 0.3) is 0 Å². The molecule has 0 saturated carbocycles. The lowest BCUT2D eigenvalue weighted by Crippen LogP contribution is -2.57. The Bertz CT molecular complexity index is 547. The normalized spacial score (nSPS) is 19.9. The van der Waals surface area contributed by atoms with Crippen LogP contribution in [0.5, 0.6) is 0 Å². The molecule has 0 aliphatic carbocycles. The minimum absolute atomic E-state index is 0.00975. The van der Waals surface area contributed by atoms with E-state index in [4.69, 9.17) is 4.74 Å². The highest BCUT2D eigenvalue weighted by atomic mass is 16.6. The molecule has 1 aliphatic heterocycles. The molecule has 2 heterocycles. The summed E-state index contributed by atoms with van der Waals surface area (Å²) in [6.07, 6.45) is 1.33. The second-order valence-corrected chi connectivity index (χ2v) is 6.32. The van der Waals surface area contributed by atoms with Crippen molar-refractivity contribution in [3.05, 3.63) is 12.3 Å². The van der Waals surface area contributed by atoms with E-state index in [-0.39, 0.29) is 18.5 Å². The molecule has 0 radical (unpaired) electrons. The number of carbonyl (C=O) groups is 2. The van der Waals surface area contributed by atoms with E-state index in [1.807, 2.05) is 6.92 Å². The first-order chi connectivity index (χ1) is 9.67. The number of hydrogen-bond donors (Lipinski definition) is 0. The number of aryl methyl sites for hydroxylation is 1. The average Bonchev–Trinajstić information content (AvgIpc) is 2.72. The Labute approximate surface area is 124 Å². The van der Waals surface area contributed by atoms with Gasteiger partial charge in [0, 0.05) is 25.9 Å². The van der Waals surface area contributed by atoms with Gasteiger partial charge >= 0.3 is 6.09 Å². The second kappa shape index (κ2) is 5.38. The summed E-state index contributed by atoms with van der Waals surface area (Å²) in [6.45, 7) is 7.75. The second-order valence-electron chi connectivity index (χ2n) is 6.32. The van der Waals surface area contributed by atoms with Gasteiger partial charge in [-0.1, -0.05) is 0 Å². The zero-order valence-electron chi connectivity index (χ0n) is 13.2. The molecule has 1 atom stereocenters. The molecule has 116 valence electrons. The Kier molecular flexibility index (Phi) is 3.93. The zero-order valence-corrected chi connectivity index (χ0v) is 13.2. The van der Waals surface area contributed by atoms with Crippen LogP contribution in [0.2, 0.25) is 0 Å². The van der Waals surface area contributed by atoms with Crippen LogP contribution in [0.15, 0.2) is 12.3 Å². The minimum atomic E-state index is -0.568. The first kappa shape index (κ1) is 15.3. The Morgan fingerprint density at radius 2 is 2.10 bits per heavy atom. The molecule has 7 heteroatoms. The summed E-state index contributed by atoms with van der Waals surface area (Å²) in [5.41, 5.74) is -0.568. The van der Waals surface area contributed by atoms with Gasteiger partial charge in [-0.15, -0.1) is 0 Å². The number of carbonyl (C=O) groups excluding carboxylic acids is 2. The van der Waals surface area contributed by atoms with Gasteiger partial charge in [0.1, 0.15) is 12.1 Å². The molecule has 1 aromatic heterocycles. The molecular weight excluding hydrogens is 272 g/mol. The van der Waals surface area contributed by atoms with Gasteiger partial charge in [0.2, 0.25) is 5.91 Å². The van der Waals surface area contributed by atoms with Crippen LogP contribution in [-0.2, 0) is 16.6 Å².